The average molecular weight is 388 g/mol. The molecule has 0 radical (unpaired) electrons. The Morgan fingerprint density at radius 2 is 1.79 bits per heavy atom. The summed E-state index contributed by atoms with van der Waals surface area (Å²) in [6.45, 7) is 3.92. The zero-order chi connectivity index (χ0) is 16.8. The van der Waals surface area contributed by atoms with E-state index in [0.717, 1.165) is 43.5 Å². The fourth-order valence-corrected chi connectivity index (χ4v) is 3.30. The SMILES string of the molecule is O=C(NCC1CCN(Cc2ccncc2)CC1)c1ccc(Br)cc1. The van der Waals surface area contributed by atoms with Gasteiger partial charge in [0.15, 0.2) is 0 Å². The molecule has 1 aromatic carbocycles. The minimum Gasteiger partial charge on any atom is -0.352 e. The fraction of sp³-hybridized carbons (Fsp3) is 0.368. The summed E-state index contributed by atoms with van der Waals surface area (Å²) >= 11 is 3.39. The van der Waals surface area contributed by atoms with Crippen LogP contribution in [0.2, 0.25) is 0 Å². The minimum atomic E-state index is 0.0155. The van der Waals surface area contributed by atoms with E-state index >= 15 is 0 Å². The van der Waals surface area contributed by atoms with E-state index in [1.54, 1.807) is 0 Å². The van der Waals surface area contributed by atoms with E-state index in [9.17, 15) is 4.79 Å². The van der Waals surface area contributed by atoms with Crippen LogP contribution < -0.4 is 5.32 Å². The molecule has 0 bridgehead atoms. The smallest absolute Gasteiger partial charge is 0.251 e. The lowest BCUT2D eigenvalue weighted by atomic mass is 9.96. The van der Waals surface area contributed by atoms with E-state index in [1.807, 2.05) is 36.7 Å². The predicted molar refractivity (Wildman–Crippen MR) is 98.7 cm³/mol. The zero-order valence-electron chi connectivity index (χ0n) is 13.6. The molecule has 126 valence electrons. The van der Waals surface area contributed by atoms with Crippen molar-refractivity contribution >= 4 is 21.8 Å². The molecular formula is C19H22BrN3O. The molecule has 0 atom stereocenters. The number of nitrogens with zero attached hydrogens (tertiary/aromatic N) is 2. The number of nitrogens with one attached hydrogen (secondary N) is 1. The molecule has 2 heterocycles. The van der Waals surface area contributed by atoms with Gasteiger partial charge in [0.2, 0.25) is 0 Å². The molecule has 1 fully saturated rings. The molecule has 5 heteroatoms. The molecule has 1 aliphatic heterocycles. The summed E-state index contributed by atoms with van der Waals surface area (Å²) in [7, 11) is 0. The van der Waals surface area contributed by atoms with Crippen molar-refractivity contribution < 1.29 is 4.79 Å². The van der Waals surface area contributed by atoms with Gasteiger partial charge in [0.25, 0.3) is 5.91 Å². The Kier molecular flexibility index (Phi) is 5.99. The topological polar surface area (TPSA) is 45.2 Å². The quantitative estimate of drug-likeness (QED) is 0.853. The number of aromatic nitrogens is 1. The maximum absolute atomic E-state index is 12.2. The first kappa shape index (κ1) is 17.1. The van der Waals surface area contributed by atoms with Crippen LogP contribution in [-0.4, -0.2) is 35.4 Å². The van der Waals surface area contributed by atoms with Crippen molar-refractivity contribution in [1.29, 1.82) is 0 Å². The molecule has 1 saturated heterocycles. The third-order valence-corrected chi connectivity index (χ3v) is 5.05. The molecular weight excluding hydrogens is 366 g/mol. The van der Waals surface area contributed by atoms with Crippen LogP contribution in [0, 0.1) is 5.92 Å². The van der Waals surface area contributed by atoms with Gasteiger partial charge in [-0.15, -0.1) is 0 Å². The Balaban J connectivity index is 1.41. The van der Waals surface area contributed by atoms with Gasteiger partial charge in [-0.05, 0) is 73.8 Å². The van der Waals surface area contributed by atoms with Crippen LogP contribution >= 0.6 is 15.9 Å². The lowest BCUT2D eigenvalue weighted by Gasteiger charge is -2.32. The van der Waals surface area contributed by atoms with Gasteiger partial charge in [-0.3, -0.25) is 14.7 Å². The van der Waals surface area contributed by atoms with Gasteiger partial charge in [-0.2, -0.15) is 0 Å². The molecule has 0 spiro atoms. The summed E-state index contributed by atoms with van der Waals surface area (Å²) < 4.78 is 0.987. The number of likely N-dealkylation sites (tertiary alicyclic amines) is 1. The largest absolute Gasteiger partial charge is 0.352 e. The fourth-order valence-electron chi connectivity index (χ4n) is 3.04. The maximum atomic E-state index is 12.2. The van der Waals surface area contributed by atoms with Crippen molar-refractivity contribution in [3.63, 3.8) is 0 Å². The lowest BCUT2D eigenvalue weighted by molar-refractivity contribution is 0.0935. The monoisotopic (exact) mass is 387 g/mol. The van der Waals surface area contributed by atoms with Gasteiger partial charge < -0.3 is 5.32 Å². The number of hydrogen-bond acceptors (Lipinski definition) is 3. The highest BCUT2D eigenvalue weighted by molar-refractivity contribution is 9.10. The number of hydrogen-bond donors (Lipinski definition) is 1. The summed E-state index contributed by atoms with van der Waals surface area (Å²) in [6.07, 6.45) is 5.96. The Bertz CT molecular complexity index is 652. The summed E-state index contributed by atoms with van der Waals surface area (Å²) in [6, 6.07) is 11.6. The van der Waals surface area contributed by atoms with Crippen molar-refractivity contribution in [3.05, 3.63) is 64.4 Å². The van der Waals surface area contributed by atoms with Gasteiger partial charge in [-0.25, -0.2) is 0 Å². The number of carbonyl (C=O) groups is 1. The normalized spacial score (nSPS) is 16.0. The van der Waals surface area contributed by atoms with Gasteiger partial charge in [-0.1, -0.05) is 15.9 Å². The third-order valence-electron chi connectivity index (χ3n) is 4.52. The summed E-state index contributed by atoms with van der Waals surface area (Å²) in [5.41, 5.74) is 2.03. The van der Waals surface area contributed by atoms with E-state index in [2.05, 4.69) is 43.3 Å². The van der Waals surface area contributed by atoms with E-state index in [1.165, 1.54) is 5.56 Å². The van der Waals surface area contributed by atoms with E-state index in [0.29, 0.717) is 11.5 Å². The molecule has 0 aliphatic carbocycles. The Hall–Kier alpha value is -1.72. The van der Waals surface area contributed by atoms with Crippen LogP contribution in [0.15, 0.2) is 53.3 Å². The standard InChI is InChI=1S/C19H22BrN3O/c20-18-3-1-17(2-4-18)19(24)22-13-15-7-11-23(12-8-15)14-16-5-9-21-10-6-16/h1-6,9-10,15H,7-8,11-14H2,(H,22,24). The van der Waals surface area contributed by atoms with Crippen LogP contribution in [0.5, 0.6) is 0 Å². The van der Waals surface area contributed by atoms with E-state index in [-0.39, 0.29) is 5.91 Å². The Labute approximate surface area is 151 Å². The number of pyridine rings is 1. The van der Waals surface area contributed by atoms with Crippen molar-refractivity contribution in [1.82, 2.24) is 15.2 Å². The van der Waals surface area contributed by atoms with E-state index < -0.39 is 0 Å². The summed E-state index contributed by atoms with van der Waals surface area (Å²) in [5, 5.41) is 3.07. The minimum absolute atomic E-state index is 0.0155. The highest BCUT2D eigenvalue weighted by Gasteiger charge is 2.20. The number of carbonyl (C=O) groups excluding carboxylic acids is 1. The number of benzene rings is 1. The molecule has 1 amide bonds. The molecule has 0 saturated carbocycles. The van der Waals surface area contributed by atoms with Crippen LogP contribution in [0.3, 0.4) is 0 Å². The van der Waals surface area contributed by atoms with Crippen LogP contribution in [0.25, 0.3) is 0 Å². The molecule has 2 aromatic rings. The second-order valence-electron chi connectivity index (χ2n) is 6.29. The molecule has 1 aliphatic rings. The first-order chi connectivity index (χ1) is 11.7. The average Bonchev–Trinajstić information content (AvgIpc) is 2.62. The first-order valence-electron chi connectivity index (χ1n) is 8.36. The zero-order valence-corrected chi connectivity index (χ0v) is 15.2. The van der Waals surface area contributed by atoms with Crippen molar-refractivity contribution in [2.24, 2.45) is 5.92 Å². The third kappa shape index (κ3) is 4.89. The lowest BCUT2D eigenvalue weighted by Crippen LogP contribution is -2.38. The molecule has 0 unspecified atom stereocenters. The predicted octanol–water partition coefficient (Wildman–Crippen LogP) is 3.49. The highest BCUT2D eigenvalue weighted by Crippen LogP contribution is 2.18. The molecule has 1 aromatic heterocycles. The second-order valence-corrected chi connectivity index (χ2v) is 7.21. The van der Waals surface area contributed by atoms with Crippen LogP contribution in [-0.2, 0) is 6.54 Å². The van der Waals surface area contributed by atoms with Gasteiger partial charge in [0.05, 0.1) is 0 Å². The second kappa shape index (κ2) is 8.40. The van der Waals surface area contributed by atoms with Crippen molar-refractivity contribution in [2.75, 3.05) is 19.6 Å². The Morgan fingerprint density at radius 3 is 2.46 bits per heavy atom. The van der Waals surface area contributed by atoms with Gasteiger partial charge >= 0.3 is 0 Å². The van der Waals surface area contributed by atoms with Gasteiger partial charge in [0, 0.05) is 35.5 Å². The number of halogens is 1. The highest BCUT2D eigenvalue weighted by atomic mass is 79.9. The number of amides is 1. The molecule has 4 nitrogen and oxygen atoms in total. The van der Waals surface area contributed by atoms with Crippen LogP contribution in [0.1, 0.15) is 28.8 Å². The maximum Gasteiger partial charge on any atom is 0.251 e. The number of piperidine rings is 1. The van der Waals surface area contributed by atoms with Gasteiger partial charge in [0.1, 0.15) is 0 Å². The summed E-state index contributed by atoms with van der Waals surface area (Å²) in [5.74, 6) is 0.583. The Morgan fingerprint density at radius 1 is 1.12 bits per heavy atom. The molecule has 3 rings (SSSR count). The first-order valence-corrected chi connectivity index (χ1v) is 9.15. The van der Waals surface area contributed by atoms with Crippen LogP contribution in [0.4, 0.5) is 0 Å². The van der Waals surface area contributed by atoms with E-state index in [4.69, 9.17) is 0 Å². The molecule has 24 heavy (non-hydrogen) atoms. The van der Waals surface area contributed by atoms with Crippen molar-refractivity contribution in [3.8, 4) is 0 Å². The van der Waals surface area contributed by atoms with Crippen molar-refractivity contribution in [2.45, 2.75) is 19.4 Å². The summed E-state index contributed by atoms with van der Waals surface area (Å²) in [4.78, 5) is 18.7. The molecule has 1 N–H and O–H groups in total. The number of rotatable bonds is 5.